The van der Waals surface area contributed by atoms with Gasteiger partial charge in [-0.2, -0.15) is 0 Å². The van der Waals surface area contributed by atoms with Crippen LogP contribution in [0.2, 0.25) is 0 Å². The number of aryl methyl sites for hydroxylation is 3. The first-order valence-electron chi connectivity index (χ1n) is 9.74. The minimum Gasteiger partial charge on any atom is -0.367 e. The standard InChI is InChI=1S/C20H29N5O/c1-11-10-16(8-9-25(11)17-6-7-17)23-20-12(2)19(21-15(5)22-20)18-13(3)24-26-14(18)4/h11,16-17H,6-10H2,1-5H3,(H,21,22,23)/t11-,16-/m0/s1. The van der Waals surface area contributed by atoms with Gasteiger partial charge in [0.25, 0.3) is 0 Å². The Kier molecular flexibility index (Phi) is 4.47. The zero-order chi connectivity index (χ0) is 18.4. The van der Waals surface area contributed by atoms with Gasteiger partial charge in [0.1, 0.15) is 17.4 Å². The summed E-state index contributed by atoms with van der Waals surface area (Å²) in [5, 5.41) is 7.80. The molecule has 2 atom stereocenters. The molecule has 1 saturated heterocycles. The van der Waals surface area contributed by atoms with Crippen molar-refractivity contribution in [2.24, 2.45) is 0 Å². The first-order valence-corrected chi connectivity index (χ1v) is 9.74. The van der Waals surface area contributed by atoms with E-state index in [1.807, 2.05) is 20.8 Å². The molecule has 26 heavy (non-hydrogen) atoms. The molecule has 3 heterocycles. The quantitative estimate of drug-likeness (QED) is 0.900. The summed E-state index contributed by atoms with van der Waals surface area (Å²) in [6.07, 6.45) is 5.10. The Bertz CT molecular complexity index is 791. The van der Waals surface area contributed by atoms with Crippen molar-refractivity contribution in [3.63, 3.8) is 0 Å². The fourth-order valence-electron chi connectivity index (χ4n) is 4.30. The third-order valence-corrected chi connectivity index (χ3v) is 5.81. The van der Waals surface area contributed by atoms with Gasteiger partial charge in [0.05, 0.1) is 17.0 Å². The molecule has 0 amide bonds. The molecule has 140 valence electrons. The Balaban J connectivity index is 1.57. The van der Waals surface area contributed by atoms with Crippen molar-refractivity contribution in [2.45, 2.75) is 78.4 Å². The van der Waals surface area contributed by atoms with Crippen molar-refractivity contribution >= 4 is 5.82 Å². The molecule has 0 bridgehead atoms. The van der Waals surface area contributed by atoms with Gasteiger partial charge in [-0.3, -0.25) is 4.90 Å². The van der Waals surface area contributed by atoms with Crippen LogP contribution in [0.5, 0.6) is 0 Å². The first-order chi connectivity index (χ1) is 12.4. The molecule has 2 aliphatic rings. The molecule has 1 N–H and O–H groups in total. The second-order valence-corrected chi connectivity index (χ2v) is 7.98. The van der Waals surface area contributed by atoms with Crippen molar-refractivity contribution in [2.75, 3.05) is 11.9 Å². The molecular formula is C20H29N5O. The normalized spacial score (nSPS) is 24.0. The molecule has 6 nitrogen and oxygen atoms in total. The molecule has 0 aromatic carbocycles. The molecule has 1 aliphatic carbocycles. The molecule has 6 heteroatoms. The zero-order valence-electron chi connectivity index (χ0n) is 16.5. The Morgan fingerprint density at radius 1 is 1.08 bits per heavy atom. The lowest BCUT2D eigenvalue weighted by Crippen LogP contribution is -2.46. The topological polar surface area (TPSA) is 67.1 Å². The van der Waals surface area contributed by atoms with Crippen LogP contribution in [-0.4, -0.2) is 44.7 Å². The lowest BCUT2D eigenvalue weighted by molar-refractivity contribution is 0.144. The maximum atomic E-state index is 5.35. The molecular weight excluding hydrogens is 326 g/mol. The third kappa shape index (κ3) is 3.22. The Hall–Kier alpha value is -1.95. The summed E-state index contributed by atoms with van der Waals surface area (Å²) in [4.78, 5) is 12.1. The van der Waals surface area contributed by atoms with Gasteiger partial charge in [-0.25, -0.2) is 9.97 Å². The number of likely N-dealkylation sites (tertiary alicyclic amines) is 1. The number of anilines is 1. The van der Waals surface area contributed by atoms with Crippen LogP contribution in [0, 0.1) is 27.7 Å². The van der Waals surface area contributed by atoms with Crippen LogP contribution in [0.25, 0.3) is 11.3 Å². The highest BCUT2D eigenvalue weighted by molar-refractivity contribution is 5.71. The van der Waals surface area contributed by atoms with Crippen LogP contribution < -0.4 is 5.32 Å². The average molecular weight is 355 g/mol. The first kappa shape index (κ1) is 17.5. The second kappa shape index (κ2) is 6.65. The van der Waals surface area contributed by atoms with E-state index in [4.69, 9.17) is 9.51 Å². The highest BCUT2D eigenvalue weighted by Crippen LogP contribution is 2.34. The zero-order valence-corrected chi connectivity index (χ0v) is 16.5. The van der Waals surface area contributed by atoms with E-state index in [0.717, 1.165) is 46.0 Å². The van der Waals surface area contributed by atoms with Crippen LogP contribution in [0.4, 0.5) is 5.82 Å². The van der Waals surface area contributed by atoms with Gasteiger partial charge in [-0.15, -0.1) is 0 Å². The van der Waals surface area contributed by atoms with E-state index in [0.29, 0.717) is 12.1 Å². The fourth-order valence-corrected chi connectivity index (χ4v) is 4.30. The Labute approximate surface area is 155 Å². The molecule has 2 fully saturated rings. The van der Waals surface area contributed by atoms with E-state index in [1.165, 1.54) is 32.2 Å². The molecule has 1 saturated carbocycles. The number of nitrogens with zero attached hydrogens (tertiary/aromatic N) is 4. The van der Waals surface area contributed by atoms with Crippen LogP contribution >= 0.6 is 0 Å². The largest absolute Gasteiger partial charge is 0.367 e. The predicted octanol–water partition coefficient (Wildman–Crippen LogP) is 3.79. The molecule has 0 radical (unpaired) electrons. The monoisotopic (exact) mass is 355 g/mol. The Morgan fingerprint density at radius 2 is 1.85 bits per heavy atom. The number of piperidine rings is 1. The van der Waals surface area contributed by atoms with Crippen molar-refractivity contribution in [3.05, 3.63) is 22.8 Å². The Morgan fingerprint density at radius 3 is 2.46 bits per heavy atom. The van der Waals surface area contributed by atoms with E-state index in [2.05, 4.69) is 34.2 Å². The van der Waals surface area contributed by atoms with Gasteiger partial charge in [0.15, 0.2) is 0 Å². The lowest BCUT2D eigenvalue weighted by Gasteiger charge is -2.38. The average Bonchev–Trinajstić information content (AvgIpc) is 3.37. The molecule has 1 aliphatic heterocycles. The summed E-state index contributed by atoms with van der Waals surface area (Å²) in [6.45, 7) is 11.5. The van der Waals surface area contributed by atoms with Gasteiger partial charge in [0.2, 0.25) is 0 Å². The molecule has 2 aromatic rings. The van der Waals surface area contributed by atoms with Crippen LogP contribution in [-0.2, 0) is 0 Å². The number of aromatic nitrogens is 3. The molecule has 2 aromatic heterocycles. The van der Waals surface area contributed by atoms with Crippen molar-refractivity contribution in [3.8, 4) is 11.3 Å². The fraction of sp³-hybridized carbons (Fsp3) is 0.650. The summed E-state index contributed by atoms with van der Waals surface area (Å²) in [5.74, 6) is 2.53. The summed E-state index contributed by atoms with van der Waals surface area (Å²) in [5.41, 5.74) is 3.87. The van der Waals surface area contributed by atoms with Crippen molar-refractivity contribution in [1.29, 1.82) is 0 Å². The summed E-state index contributed by atoms with van der Waals surface area (Å²) >= 11 is 0. The predicted molar refractivity (Wildman–Crippen MR) is 102 cm³/mol. The van der Waals surface area contributed by atoms with Crippen LogP contribution in [0.15, 0.2) is 4.52 Å². The number of hydrogen-bond donors (Lipinski definition) is 1. The van der Waals surface area contributed by atoms with E-state index < -0.39 is 0 Å². The van der Waals surface area contributed by atoms with Crippen LogP contribution in [0.3, 0.4) is 0 Å². The van der Waals surface area contributed by atoms with Gasteiger partial charge in [-0.05, 0) is 60.3 Å². The SMILES string of the molecule is Cc1nc(N[C@H]2CCN(C3CC3)[C@@H](C)C2)c(C)c(-c2c(C)noc2C)n1. The molecule has 4 rings (SSSR count). The lowest BCUT2D eigenvalue weighted by atomic mass is 9.97. The van der Waals surface area contributed by atoms with Gasteiger partial charge < -0.3 is 9.84 Å². The van der Waals surface area contributed by atoms with Gasteiger partial charge in [-0.1, -0.05) is 5.16 Å². The summed E-state index contributed by atoms with van der Waals surface area (Å²) in [7, 11) is 0. The van der Waals surface area contributed by atoms with E-state index >= 15 is 0 Å². The third-order valence-electron chi connectivity index (χ3n) is 5.81. The number of rotatable bonds is 4. The van der Waals surface area contributed by atoms with Gasteiger partial charge in [0, 0.05) is 30.2 Å². The van der Waals surface area contributed by atoms with E-state index in [9.17, 15) is 0 Å². The highest BCUT2D eigenvalue weighted by atomic mass is 16.5. The maximum Gasteiger partial charge on any atom is 0.143 e. The smallest absolute Gasteiger partial charge is 0.143 e. The van der Waals surface area contributed by atoms with Crippen molar-refractivity contribution < 1.29 is 4.52 Å². The maximum absolute atomic E-state index is 5.35. The van der Waals surface area contributed by atoms with Gasteiger partial charge >= 0.3 is 0 Å². The number of nitrogens with one attached hydrogen (secondary N) is 1. The number of hydrogen-bond acceptors (Lipinski definition) is 6. The van der Waals surface area contributed by atoms with E-state index in [1.54, 1.807) is 0 Å². The van der Waals surface area contributed by atoms with Crippen LogP contribution in [0.1, 0.15) is 55.4 Å². The minimum atomic E-state index is 0.463. The second-order valence-electron chi connectivity index (χ2n) is 7.98. The van der Waals surface area contributed by atoms with E-state index in [-0.39, 0.29) is 0 Å². The minimum absolute atomic E-state index is 0.463. The summed E-state index contributed by atoms with van der Waals surface area (Å²) < 4.78 is 5.35. The molecule has 0 spiro atoms. The summed E-state index contributed by atoms with van der Waals surface area (Å²) in [6, 6.07) is 1.95. The van der Waals surface area contributed by atoms with Crippen molar-refractivity contribution in [1.82, 2.24) is 20.0 Å². The molecule has 0 unspecified atom stereocenters. The highest BCUT2D eigenvalue weighted by Gasteiger charge is 2.36.